The van der Waals surface area contributed by atoms with Crippen molar-refractivity contribution in [1.82, 2.24) is 5.32 Å². The van der Waals surface area contributed by atoms with Gasteiger partial charge in [0.25, 0.3) is 0 Å². The zero-order chi connectivity index (χ0) is 11.2. The average Bonchev–Trinajstić information content (AvgIpc) is 2.38. The van der Waals surface area contributed by atoms with E-state index in [9.17, 15) is 0 Å². The van der Waals surface area contributed by atoms with Crippen molar-refractivity contribution in [3.63, 3.8) is 0 Å². The molecule has 1 aliphatic heterocycles. The molecule has 2 fully saturated rings. The second kappa shape index (κ2) is 6.58. The number of rotatable bonds is 4. The highest BCUT2D eigenvalue weighted by atomic mass is 16.5. The highest BCUT2D eigenvalue weighted by molar-refractivity contribution is 4.79. The van der Waals surface area contributed by atoms with Crippen LogP contribution < -0.4 is 5.32 Å². The summed E-state index contributed by atoms with van der Waals surface area (Å²) >= 11 is 0. The molecule has 0 bridgehead atoms. The zero-order valence-corrected chi connectivity index (χ0v) is 10.4. The summed E-state index contributed by atoms with van der Waals surface area (Å²) in [5.41, 5.74) is 0. The maximum absolute atomic E-state index is 5.50. The van der Waals surface area contributed by atoms with Gasteiger partial charge >= 0.3 is 0 Å². The first-order valence-corrected chi connectivity index (χ1v) is 6.72. The second-order valence-electron chi connectivity index (χ2n) is 5.21. The number of nitrogens with one attached hydrogen (secondary N) is 1. The summed E-state index contributed by atoms with van der Waals surface area (Å²) in [5, 5.41) is 3.70. The number of hydrogen-bond acceptors (Lipinski definition) is 3. The zero-order valence-electron chi connectivity index (χ0n) is 10.4. The van der Waals surface area contributed by atoms with Crippen molar-refractivity contribution in [2.24, 2.45) is 5.92 Å². The molecule has 3 unspecified atom stereocenters. The van der Waals surface area contributed by atoms with Crippen molar-refractivity contribution < 1.29 is 9.47 Å². The van der Waals surface area contributed by atoms with E-state index in [1.807, 2.05) is 7.11 Å². The Balaban J connectivity index is 1.64. The molecule has 1 saturated heterocycles. The van der Waals surface area contributed by atoms with Crippen molar-refractivity contribution in [1.29, 1.82) is 0 Å². The summed E-state index contributed by atoms with van der Waals surface area (Å²) in [6.07, 6.45) is 8.08. The first-order valence-electron chi connectivity index (χ1n) is 6.72. The molecule has 1 aliphatic carbocycles. The second-order valence-corrected chi connectivity index (χ2v) is 5.21. The van der Waals surface area contributed by atoms with Crippen molar-refractivity contribution in [2.75, 3.05) is 26.9 Å². The van der Waals surface area contributed by atoms with Gasteiger partial charge in [0.05, 0.1) is 12.7 Å². The SMILES string of the molecule is COC1CCCC(NCC2CCCOC2)C1. The minimum atomic E-state index is 0.480. The molecule has 1 saturated carbocycles. The van der Waals surface area contributed by atoms with Crippen LogP contribution in [0.15, 0.2) is 0 Å². The van der Waals surface area contributed by atoms with Gasteiger partial charge in [-0.2, -0.15) is 0 Å². The predicted octanol–water partition coefficient (Wildman–Crippen LogP) is 1.96. The van der Waals surface area contributed by atoms with E-state index in [-0.39, 0.29) is 0 Å². The third kappa shape index (κ3) is 3.72. The molecule has 2 aliphatic rings. The lowest BCUT2D eigenvalue weighted by Crippen LogP contribution is -2.40. The summed E-state index contributed by atoms with van der Waals surface area (Å²) in [6.45, 7) is 3.04. The molecular formula is C13H25NO2. The summed E-state index contributed by atoms with van der Waals surface area (Å²) in [7, 11) is 1.84. The van der Waals surface area contributed by atoms with Gasteiger partial charge in [-0.25, -0.2) is 0 Å². The van der Waals surface area contributed by atoms with Crippen molar-refractivity contribution in [2.45, 2.75) is 50.7 Å². The first kappa shape index (κ1) is 12.3. The smallest absolute Gasteiger partial charge is 0.0586 e. The number of hydrogen-bond donors (Lipinski definition) is 1. The van der Waals surface area contributed by atoms with Crippen LogP contribution in [-0.2, 0) is 9.47 Å². The summed E-state index contributed by atoms with van der Waals surface area (Å²) in [5.74, 6) is 0.733. The fourth-order valence-electron chi connectivity index (χ4n) is 2.85. The van der Waals surface area contributed by atoms with Crippen LogP contribution in [0.3, 0.4) is 0 Å². The Morgan fingerprint density at radius 2 is 2.19 bits per heavy atom. The van der Waals surface area contributed by atoms with Crippen LogP contribution in [0.1, 0.15) is 38.5 Å². The minimum absolute atomic E-state index is 0.480. The molecule has 0 spiro atoms. The van der Waals surface area contributed by atoms with E-state index in [4.69, 9.17) is 9.47 Å². The van der Waals surface area contributed by atoms with Gasteiger partial charge < -0.3 is 14.8 Å². The molecule has 0 amide bonds. The molecule has 2 rings (SSSR count). The maximum atomic E-state index is 5.50. The van der Waals surface area contributed by atoms with Gasteiger partial charge in [-0.1, -0.05) is 0 Å². The number of ether oxygens (including phenoxy) is 2. The molecule has 3 heteroatoms. The maximum Gasteiger partial charge on any atom is 0.0586 e. The van der Waals surface area contributed by atoms with E-state index in [1.165, 1.54) is 38.5 Å². The Kier molecular flexibility index (Phi) is 5.07. The van der Waals surface area contributed by atoms with Gasteiger partial charge in [-0.15, -0.1) is 0 Å². The van der Waals surface area contributed by atoms with Crippen molar-refractivity contribution >= 4 is 0 Å². The Labute approximate surface area is 98.9 Å². The lowest BCUT2D eigenvalue weighted by atomic mass is 9.92. The van der Waals surface area contributed by atoms with Crippen LogP contribution in [-0.4, -0.2) is 39.0 Å². The van der Waals surface area contributed by atoms with Gasteiger partial charge in [-0.3, -0.25) is 0 Å². The van der Waals surface area contributed by atoms with Gasteiger partial charge in [-0.05, 0) is 44.4 Å². The van der Waals surface area contributed by atoms with Crippen molar-refractivity contribution in [3.05, 3.63) is 0 Å². The van der Waals surface area contributed by atoms with Crippen LogP contribution in [0.4, 0.5) is 0 Å². The summed E-state index contributed by atoms with van der Waals surface area (Å²) < 4.78 is 10.9. The lowest BCUT2D eigenvalue weighted by Gasteiger charge is -2.31. The molecule has 1 heterocycles. The first-order chi connectivity index (χ1) is 7.88. The van der Waals surface area contributed by atoms with Crippen LogP contribution in [0.5, 0.6) is 0 Å². The minimum Gasteiger partial charge on any atom is -0.381 e. The fraction of sp³-hybridized carbons (Fsp3) is 1.00. The highest BCUT2D eigenvalue weighted by Crippen LogP contribution is 2.21. The Hall–Kier alpha value is -0.120. The topological polar surface area (TPSA) is 30.5 Å². The van der Waals surface area contributed by atoms with Gasteiger partial charge in [0.15, 0.2) is 0 Å². The third-order valence-electron chi connectivity index (χ3n) is 3.91. The standard InChI is InChI=1S/C13H25NO2/c1-15-13-6-2-5-12(8-13)14-9-11-4-3-7-16-10-11/h11-14H,2-10H2,1H3. The molecular weight excluding hydrogens is 202 g/mol. The third-order valence-corrected chi connectivity index (χ3v) is 3.91. The Bertz CT molecular complexity index is 192. The number of methoxy groups -OCH3 is 1. The molecule has 94 valence electrons. The van der Waals surface area contributed by atoms with E-state index >= 15 is 0 Å². The van der Waals surface area contributed by atoms with Crippen LogP contribution in [0.25, 0.3) is 0 Å². The summed E-state index contributed by atoms with van der Waals surface area (Å²) in [6, 6.07) is 0.667. The molecule has 0 radical (unpaired) electrons. The van der Waals surface area contributed by atoms with E-state index in [2.05, 4.69) is 5.32 Å². The molecule has 0 aromatic carbocycles. The predicted molar refractivity (Wildman–Crippen MR) is 64.6 cm³/mol. The lowest BCUT2D eigenvalue weighted by molar-refractivity contribution is 0.0435. The van der Waals surface area contributed by atoms with Gasteiger partial charge in [0.1, 0.15) is 0 Å². The average molecular weight is 227 g/mol. The van der Waals surface area contributed by atoms with E-state index in [0.29, 0.717) is 12.1 Å². The normalized spacial score (nSPS) is 36.2. The molecule has 16 heavy (non-hydrogen) atoms. The molecule has 1 N–H and O–H groups in total. The molecule has 0 aromatic rings. The summed E-state index contributed by atoms with van der Waals surface area (Å²) in [4.78, 5) is 0. The highest BCUT2D eigenvalue weighted by Gasteiger charge is 2.22. The van der Waals surface area contributed by atoms with E-state index in [1.54, 1.807) is 0 Å². The molecule has 3 atom stereocenters. The van der Waals surface area contributed by atoms with Crippen molar-refractivity contribution in [3.8, 4) is 0 Å². The monoisotopic (exact) mass is 227 g/mol. The van der Waals surface area contributed by atoms with E-state index < -0.39 is 0 Å². The quantitative estimate of drug-likeness (QED) is 0.796. The fourth-order valence-corrected chi connectivity index (χ4v) is 2.85. The van der Waals surface area contributed by atoms with Crippen LogP contribution >= 0.6 is 0 Å². The van der Waals surface area contributed by atoms with Gasteiger partial charge in [0, 0.05) is 26.3 Å². The van der Waals surface area contributed by atoms with Gasteiger partial charge in [0.2, 0.25) is 0 Å². The largest absolute Gasteiger partial charge is 0.381 e. The van der Waals surface area contributed by atoms with E-state index in [0.717, 1.165) is 25.7 Å². The Morgan fingerprint density at radius 3 is 2.94 bits per heavy atom. The van der Waals surface area contributed by atoms with Crippen LogP contribution in [0.2, 0.25) is 0 Å². The molecule has 0 aromatic heterocycles. The van der Waals surface area contributed by atoms with Crippen LogP contribution in [0, 0.1) is 5.92 Å². The molecule has 3 nitrogen and oxygen atoms in total. The Morgan fingerprint density at radius 1 is 1.25 bits per heavy atom.